The first-order valence-electron chi connectivity index (χ1n) is 11.1. The van der Waals surface area contributed by atoms with E-state index in [0.29, 0.717) is 23.9 Å². The molecule has 0 saturated carbocycles. The highest BCUT2D eigenvalue weighted by molar-refractivity contribution is 7.19. The van der Waals surface area contributed by atoms with E-state index < -0.39 is 0 Å². The zero-order chi connectivity index (χ0) is 21.7. The van der Waals surface area contributed by atoms with Gasteiger partial charge < -0.3 is 20.6 Å². The van der Waals surface area contributed by atoms with Gasteiger partial charge in [-0.3, -0.25) is 0 Å². The lowest BCUT2D eigenvalue weighted by Crippen LogP contribution is -2.14. The highest BCUT2D eigenvalue weighted by Gasteiger charge is 2.26. The number of rotatable bonds is 2. The van der Waals surface area contributed by atoms with Crippen molar-refractivity contribution in [1.29, 1.82) is 0 Å². The minimum atomic E-state index is 0.338. The fourth-order valence-electron chi connectivity index (χ4n) is 4.54. The second kappa shape index (κ2) is 8.06. The molecule has 0 bridgehead atoms. The summed E-state index contributed by atoms with van der Waals surface area (Å²) in [6.07, 6.45) is 2.27. The highest BCUT2D eigenvalue weighted by atomic mass is 32.1. The van der Waals surface area contributed by atoms with Gasteiger partial charge >= 0.3 is 0 Å². The Hall–Kier alpha value is -2.62. The summed E-state index contributed by atoms with van der Waals surface area (Å²) < 4.78 is 0. The van der Waals surface area contributed by atoms with Gasteiger partial charge in [0.1, 0.15) is 21.3 Å². The standard InChI is InChI=1S/C24H24N6S2/c1-13-7-17(25-11-13)21-27-19-9-15(31-23(19)29-21)5-3-4-6-16-10-20-24(32-16)30-22(28-20)18-8-14(2)12-26-18/h9-10,13-14,17-18,25-26H,7-8,11-12H2,1-2H3,(H,27,29)(H,28,30)/t13?,14?,17-,18?/m0/s1. The molecule has 4 aromatic heterocycles. The molecule has 0 amide bonds. The molecule has 8 heteroatoms. The molecule has 4 N–H and O–H groups in total. The third kappa shape index (κ3) is 3.85. The molecule has 0 aromatic carbocycles. The van der Waals surface area contributed by atoms with Gasteiger partial charge in [0.2, 0.25) is 0 Å². The first-order chi connectivity index (χ1) is 15.6. The predicted octanol–water partition coefficient (Wildman–Crippen LogP) is 4.31. The van der Waals surface area contributed by atoms with Gasteiger partial charge in [-0.25, -0.2) is 9.97 Å². The lowest BCUT2D eigenvalue weighted by atomic mass is 10.1. The van der Waals surface area contributed by atoms with Crippen molar-refractivity contribution >= 4 is 43.4 Å². The molecule has 4 atom stereocenters. The van der Waals surface area contributed by atoms with Crippen LogP contribution in [0.1, 0.15) is 60.2 Å². The van der Waals surface area contributed by atoms with Crippen molar-refractivity contribution in [3.8, 4) is 23.7 Å². The van der Waals surface area contributed by atoms with Crippen molar-refractivity contribution < 1.29 is 0 Å². The van der Waals surface area contributed by atoms with E-state index in [0.717, 1.165) is 68.0 Å². The molecule has 6 rings (SSSR count). The molecule has 2 saturated heterocycles. The smallest absolute Gasteiger partial charge is 0.143 e. The second-order valence-corrected chi connectivity index (χ2v) is 11.1. The lowest BCUT2D eigenvalue weighted by Gasteiger charge is -2.05. The van der Waals surface area contributed by atoms with E-state index in [-0.39, 0.29) is 0 Å². The summed E-state index contributed by atoms with van der Waals surface area (Å²) in [6.45, 7) is 6.66. The number of hydrogen-bond donors (Lipinski definition) is 4. The first kappa shape index (κ1) is 20.0. The maximum Gasteiger partial charge on any atom is 0.143 e. The van der Waals surface area contributed by atoms with Gasteiger partial charge in [-0.1, -0.05) is 13.8 Å². The van der Waals surface area contributed by atoms with Crippen LogP contribution in [-0.4, -0.2) is 33.0 Å². The average molecular weight is 461 g/mol. The summed E-state index contributed by atoms with van der Waals surface area (Å²) in [5, 5.41) is 7.06. The number of aromatic amines is 2. The minimum absolute atomic E-state index is 0.338. The Bertz CT molecular complexity index is 1240. The quantitative estimate of drug-likeness (QED) is 0.336. The Morgan fingerprint density at radius 1 is 0.781 bits per heavy atom. The molecular formula is C24H24N6S2. The van der Waals surface area contributed by atoms with Crippen LogP contribution in [0, 0.1) is 35.5 Å². The molecule has 6 nitrogen and oxygen atoms in total. The molecule has 0 aliphatic carbocycles. The maximum absolute atomic E-state index is 4.77. The van der Waals surface area contributed by atoms with Crippen molar-refractivity contribution in [3.05, 3.63) is 33.5 Å². The van der Waals surface area contributed by atoms with Gasteiger partial charge in [-0.2, -0.15) is 0 Å². The molecule has 4 aromatic rings. The normalized spacial score (nSPS) is 25.2. The average Bonchev–Trinajstić information content (AvgIpc) is 3.54. The monoisotopic (exact) mass is 460 g/mol. The fraction of sp³-hybridized carbons (Fsp3) is 0.417. The summed E-state index contributed by atoms with van der Waals surface area (Å²) >= 11 is 3.23. The molecule has 2 aliphatic rings. The van der Waals surface area contributed by atoms with Crippen LogP contribution in [0.5, 0.6) is 0 Å². The Balaban J connectivity index is 1.14. The van der Waals surface area contributed by atoms with E-state index in [1.165, 1.54) is 0 Å². The topological polar surface area (TPSA) is 81.4 Å². The summed E-state index contributed by atoms with van der Waals surface area (Å²) in [5.74, 6) is 15.8. The Morgan fingerprint density at radius 2 is 1.25 bits per heavy atom. The Kier molecular flexibility index (Phi) is 5.04. The molecule has 2 aliphatic heterocycles. The van der Waals surface area contributed by atoms with E-state index in [1.807, 2.05) is 0 Å². The van der Waals surface area contributed by atoms with Crippen LogP contribution < -0.4 is 10.6 Å². The molecule has 0 radical (unpaired) electrons. The van der Waals surface area contributed by atoms with Crippen LogP contribution in [0.4, 0.5) is 0 Å². The molecule has 6 heterocycles. The molecule has 162 valence electrons. The number of H-pyrrole nitrogens is 2. The van der Waals surface area contributed by atoms with Gasteiger partial charge in [0.25, 0.3) is 0 Å². The summed E-state index contributed by atoms with van der Waals surface area (Å²) in [5.41, 5.74) is 2.12. The van der Waals surface area contributed by atoms with Crippen molar-refractivity contribution in [1.82, 2.24) is 30.6 Å². The first-order valence-corrected chi connectivity index (χ1v) is 12.7. The Labute approximate surface area is 194 Å². The number of hydrogen-bond acceptors (Lipinski definition) is 6. The molecule has 3 unspecified atom stereocenters. The lowest BCUT2D eigenvalue weighted by molar-refractivity contribution is 0.589. The van der Waals surface area contributed by atoms with Crippen molar-refractivity contribution in [2.24, 2.45) is 11.8 Å². The predicted molar refractivity (Wildman–Crippen MR) is 131 cm³/mol. The van der Waals surface area contributed by atoms with Crippen LogP contribution in [0.3, 0.4) is 0 Å². The number of thiophene rings is 2. The number of nitrogens with zero attached hydrogens (tertiary/aromatic N) is 2. The Morgan fingerprint density at radius 3 is 1.62 bits per heavy atom. The SMILES string of the molecule is CC1CNC(c2nc3sc(C#CC#Cc4cc5[nH]c([C@@H]6CC(C)CN6)nc5s4)cc3[nH]2)C1. The van der Waals surface area contributed by atoms with Crippen LogP contribution >= 0.6 is 22.7 Å². The third-order valence-corrected chi connectivity index (χ3v) is 8.08. The van der Waals surface area contributed by atoms with Crippen molar-refractivity contribution in [2.75, 3.05) is 13.1 Å². The summed E-state index contributed by atoms with van der Waals surface area (Å²) in [7, 11) is 0. The van der Waals surface area contributed by atoms with E-state index in [2.05, 4.69) is 70.3 Å². The van der Waals surface area contributed by atoms with Gasteiger partial charge in [0, 0.05) is 0 Å². The number of imidazole rings is 2. The van der Waals surface area contributed by atoms with Crippen molar-refractivity contribution in [2.45, 2.75) is 38.8 Å². The van der Waals surface area contributed by atoms with Gasteiger partial charge in [0.05, 0.1) is 32.9 Å². The van der Waals surface area contributed by atoms with Crippen LogP contribution in [0.25, 0.3) is 20.7 Å². The minimum Gasteiger partial charge on any atom is -0.340 e. The molecular weight excluding hydrogens is 436 g/mol. The van der Waals surface area contributed by atoms with E-state index in [9.17, 15) is 0 Å². The van der Waals surface area contributed by atoms with Gasteiger partial charge in [0.15, 0.2) is 0 Å². The zero-order valence-electron chi connectivity index (χ0n) is 18.0. The van der Waals surface area contributed by atoms with Crippen LogP contribution in [0.2, 0.25) is 0 Å². The fourth-order valence-corrected chi connectivity index (χ4v) is 6.24. The largest absolute Gasteiger partial charge is 0.340 e. The molecule has 2 fully saturated rings. The maximum atomic E-state index is 4.77. The number of aromatic nitrogens is 4. The summed E-state index contributed by atoms with van der Waals surface area (Å²) in [4.78, 5) is 20.4. The van der Waals surface area contributed by atoms with Crippen LogP contribution in [-0.2, 0) is 0 Å². The molecule has 0 spiro atoms. The third-order valence-electron chi connectivity index (χ3n) is 6.19. The van der Waals surface area contributed by atoms with Gasteiger partial charge in [-0.15, -0.1) is 22.7 Å². The van der Waals surface area contributed by atoms with E-state index >= 15 is 0 Å². The zero-order valence-corrected chi connectivity index (χ0v) is 19.6. The van der Waals surface area contributed by atoms with E-state index in [1.54, 1.807) is 22.7 Å². The van der Waals surface area contributed by atoms with Crippen molar-refractivity contribution in [3.63, 3.8) is 0 Å². The molecule has 32 heavy (non-hydrogen) atoms. The summed E-state index contributed by atoms with van der Waals surface area (Å²) in [6, 6.07) is 4.82. The van der Waals surface area contributed by atoms with Gasteiger partial charge in [-0.05, 0) is 73.6 Å². The highest BCUT2D eigenvalue weighted by Crippen LogP contribution is 2.31. The number of nitrogens with one attached hydrogen (secondary N) is 4. The van der Waals surface area contributed by atoms with E-state index in [4.69, 9.17) is 9.97 Å². The number of fused-ring (bicyclic) bond motifs is 2. The second-order valence-electron chi connectivity index (χ2n) is 9.01. The van der Waals surface area contributed by atoms with Crippen LogP contribution in [0.15, 0.2) is 12.1 Å².